The first-order valence-corrected chi connectivity index (χ1v) is 8.21. The van der Waals surface area contributed by atoms with Crippen LogP contribution in [-0.4, -0.2) is 41.4 Å². The van der Waals surface area contributed by atoms with E-state index < -0.39 is 0 Å². The lowest BCUT2D eigenvalue weighted by molar-refractivity contribution is 0.349. The second-order valence-electron chi connectivity index (χ2n) is 6.25. The van der Waals surface area contributed by atoms with Crippen molar-refractivity contribution in [1.29, 1.82) is 0 Å². The fraction of sp³-hybridized carbons (Fsp3) is 0.421. The molecule has 3 rings (SSSR count). The van der Waals surface area contributed by atoms with Crippen molar-refractivity contribution in [3.05, 3.63) is 53.4 Å². The van der Waals surface area contributed by atoms with Gasteiger partial charge in [-0.25, -0.2) is 0 Å². The molecule has 4 heteroatoms. The van der Waals surface area contributed by atoms with Crippen LogP contribution in [0.25, 0.3) is 6.08 Å². The fourth-order valence-corrected chi connectivity index (χ4v) is 3.25. The molecular formula is C19H25N3O. The van der Waals surface area contributed by atoms with Gasteiger partial charge in [-0.3, -0.25) is 9.58 Å². The van der Waals surface area contributed by atoms with E-state index in [9.17, 15) is 0 Å². The summed E-state index contributed by atoms with van der Waals surface area (Å²) in [7, 11) is 1.69. The lowest BCUT2D eigenvalue weighted by Gasteiger charge is -2.15. The Kier molecular flexibility index (Phi) is 4.82. The lowest BCUT2D eigenvalue weighted by atomic mass is 10.2. The van der Waals surface area contributed by atoms with E-state index in [1.54, 1.807) is 7.11 Å². The van der Waals surface area contributed by atoms with Gasteiger partial charge in [-0.1, -0.05) is 24.3 Å². The van der Waals surface area contributed by atoms with Crippen LogP contribution in [0.4, 0.5) is 0 Å². The number of nitrogens with zero attached hydrogens (tertiary/aromatic N) is 3. The molecule has 1 atom stereocenters. The molecule has 0 bridgehead atoms. The van der Waals surface area contributed by atoms with Gasteiger partial charge in [0.2, 0.25) is 0 Å². The van der Waals surface area contributed by atoms with Crippen molar-refractivity contribution >= 4 is 6.08 Å². The number of methoxy groups -OCH3 is 1. The van der Waals surface area contributed by atoms with Gasteiger partial charge in [0.25, 0.3) is 0 Å². The summed E-state index contributed by atoms with van der Waals surface area (Å²) >= 11 is 0. The number of aryl methyl sites for hydroxylation is 2. The molecule has 2 aromatic rings. The van der Waals surface area contributed by atoms with E-state index in [2.05, 4.69) is 58.9 Å². The van der Waals surface area contributed by atoms with Crippen LogP contribution in [0.3, 0.4) is 0 Å². The van der Waals surface area contributed by atoms with Crippen molar-refractivity contribution in [2.75, 3.05) is 26.7 Å². The van der Waals surface area contributed by atoms with E-state index in [1.165, 1.54) is 17.7 Å². The third-order valence-corrected chi connectivity index (χ3v) is 4.43. The highest BCUT2D eigenvalue weighted by Gasteiger charge is 2.24. The SMILES string of the molecule is COc1ccc(/C=C/CN2CC[C@@H](n3nc(C)cc3C)C2)cc1. The van der Waals surface area contributed by atoms with Crippen LogP contribution >= 0.6 is 0 Å². The summed E-state index contributed by atoms with van der Waals surface area (Å²) in [4.78, 5) is 2.49. The molecule has 0 aliphatic carbocycles. The van der Waals surface area contributed by atoms with E-state index in [4.69, 9.17) is 4.74 Å². The molecule has 1 fully saturated rings. The van der Waals surface area contributed by atoms with Gasteiger partial charge < -0.3 is 4.74 Å². The van der Waals surface area contributed by atoms with Crippen molar-refractivity contribution in [3.8, 4) is 5.75 Å². The number of hydrogen-bond acceptors (Lipinski definition) is 3. The zero-order valence-corrected chi connectivity index (χ0v) is 14.2. The van der Waals surface area contributed by atoms with Crippen LogP contribution in [0.5, 0.6) is 5.75 Å². The summed E-state index contributed by atoms with van der Waals surface area (Å²) in [6.45, 7) is 7.41. The molecule has 0 N–H and O–H groups in total. The second-order valence-corrected chi connectivity index (χ2v) is 6.25. The van der Waals surface area contributed by atoms with Gasteiger partial charge in [0.05, 0.1) is 18.8 Å². The molecule has 1 saturated heterocycles. The van der Waals surface area contributed by atoms with E-state index in [0.29, 0.717) is 6.04 Å². The van der Waals surface area contributed by atoms with Gasteiger partial charge in [0.1, 0.15) is 5.75 Å². The standard InChI is InChI=1S/C19H25N3O/c1-15-13-16(2)22(20-15)18-10-12-21(14-18)11-4-5-17-6-8-19(23-3)9-7-17/h4-9,13,18H,10-12,14H2,1-3H3/b5-4+/t18-/m1/s1. The maximum atomic E-state index is 5.18. The molecule has 1 aromatic heterocycles. The molecule has 0 saturated carbocycles. The molecule has 4 nitrogen and oxygen atoms in total. The Bertz CT molecular complexity index is 672. The minimum atomic E-state index is 0.512. The van der Waals surface area contributed by atoms with E-state index in [0.717, 1.165) is 31.1 Å². The molecule has 0 spiro atoms. The van der Waals surface area contributed by atoms with Crippen LogP contribution < -0.4 is 4.74 Å². The maximum Gasteiger partial charge on any atom is 0.118 e. The summed E-state index contributed by atoms with van der Waals surface area (Å²) in [6, 6.07) is 10.8. The van der Waals surface area contributed by atoms with Crippen LogP contribution in [-0.2, 0) is 0 Å². The third-order valence-electron chi connectivity index (χ3n) is 4.43. The first-order chi connectivity index (χ1) is 11.2. The monoisotopic (exact) mass is 311 g/mol. The van der Waals surface area contributed by atoms with E-state index in [1.807, 2.05) is 12.1 Å². The minimum Gasteiger partial charge on any atom is -0.497 e. The molecule has 1 aliphatic rings. The molecule has 0 amide bonds. The molecule has 122 valence electrons. The zero-order valence-electron chi connectivity index (χ0n) is 14.2. The van der Waals surface area contributed by atoms with Gasteiger partial charge >= 0.3 is 0 Å². The highest BCUT2D eigenvalue weighted by molar-refractivity contribution is 5.50. The Labute approximate surface area is 138 Å². The molecule has 1 aliphatic heterocycles. The quantitative estimate of drug-likeness (QED) is 0.847. The van der Waals surface area contributed by atoms with Crippen molar-refractivity contribution in [3.63, 3.8) is 0 Å². The Balaban J connectivity index is 1.53. The number of likely N-dealkylation sites (tertiary alicyclic amines) is 1. The predicted molar refractivity (Wildman–Crippen MR) is 93.8 cm³/mol. The summed E-state index contributed by atoms with van der Waals surface area (Å²) in [5.74, 6) is 0.898. The average Bonchev–Trinajstić information content (AvgIpc) is 3.14. The van der Waals surface area contributed by atoms with Gasteiger partial charge in [-0.05, 0) is 44.0 Å². The highest BCUT2D eigenvalue weighted by atomic mass is 16.5. The summed E-state index contributed by atoms with van der Waals surface area (Å²) in [6.07, 6.45) is 5.60. The van der Waals surface area contributed by atoms with Crippen molar-refractivity contribution in [2.24, 2.45) is 0 Å². The topological polar surface area (TPSA) is 30.3 Å². The minimum absolute atomic E-state index is 0.512. The third kappa shape index (κ3) is 3.82. The van der Waals surface area contributed by atoms with Gasteiger partial charge in [-0.2, -0.15) is 5.10 Å². The molecule has 1 aromatic carbocycles. The normalized spacial score (nSPS) is 18.8. The van der Waals surface area contributed by atoms with E-state index >= 15 is 0 Å². The largest absolute Gasteiger partial charge is 0.497 e. The zero-order chi connectivity index (χ0) is 16.2. The first-order valence-electron chi connectivity index (χ1n) is 8.21. The predicted octanol–water partition coefficient (Wildman–Crippen LogP) is 3.47. The van der Waals surface area contributed by atoms with Crippen molar-refractivity contribution in [2.45, 2.75) is 26.3 Å². The van der Waals surface area contributed by atoms with Crippen LogP contribution in [0.2, 0.25) is 0 Å². The van der Waals surface area contributed by atoms with Crippen LogP contribution in [0, 0.1) is 13.8 Å². The number of ether oxygens (including phenoxy) is 1. The molecule has 0 unspecified atom stereocenters. The highest BCUT2D eigenvalue weighted by Crippen LogP contribution is 2.23. The fourth-order valence-electron chi connectivity index (χ4n) is 3.25. The Morgan fingerprint density at radius 2 is 2.04 bits per heavy atom. The number of benzene rings is 1. The summed E-state index contributed by atoms with van der Waals surface area (Å²) in [5.41, 5.74) is 3.59. The number of rotatable bonds is 5. The van der Waals surface area contributed by atoms with Crippen LogP contribution in [0.1, 0.15) is 29.4 Å². The van der Waals surface area contributed by atoms with Crippen molar-refractivity contribution in [1.82, 2.24) is 14.7 Å². The number of aromatic nitrogens is 2. The van der Waals surface area contributed by atoms with Gasteiger partial charge in [0, 0.05) is 25.3 Å². The maximum absolute atomic E-state index is 5.18. The number of hydrogen-bond donors (Lipinski definition) is 0. The van der Waals surface area contributed by atoms with Crippen molar-refractivity contribution < 1.29 is 4.74 Å². The average molecular weight is 311 g/mol. The Hall–Kier alpha value is -2.07. The van der Waals surface area contributed by atoms with E-state index in [-0.39, 0.29) is 0 Å². The Morgan fingerprint density at radius 3 is 2.70 bits per heavy atom. The Morgan fingerprint density at radius 1 is 1.26 bits per heavy atom. The summed E-state index contributed by atoms with van der Waals surface area (Å²) in [5, 5.41) is 4.63. The second kappa shape index (κ2) is 7.01. The molecule has 0 radical (unpaired) electrons. The van der Waals surface area contributed by atoms with Gasteiger partial charge in [-0.15, -0.1) is 0 Å². The molecular weight excluding hydrogens is 286 g/mol. The molecule has 2 heterocycles. The van der Waals surface area contributed by atoms with Crippen LogP contribution in [0.15, 0.2) is 36.4 Å². The summed E-state index contributed by atoms with van der Waals surface area (Å²) < 4.78 is 7.38. The smallest absolute Gasteiger partial charge is 0.118 e. The lowest BCUT2D eigenvalue weighted by Crippen LogP contribution is -2.22. The molecule has 23 heavy (non-hydrogen) atoms. The first kappa shape index (κ1) is 15.8. The van der Waals surface area contributed by atoms with Gasteiger partial charge in [0.15, 0.2) is 0 Å².